The Morgan fingerprint density at radius 1 is 1.08 bits per heavy atom. The fourth-order valence-electron chi connectivity index (χ4n) is 2.81. The van der Waals surface area contributed by atoms with Crippen molar-refractivity contribution in [2.75, 3.05) is 0 Å². The van der Waals surface area contributed by atoms with Crippen molar-refractivity contribution in [1.29, 1.82) is 0 Å². The molecule has 0 aliphatic heterocycles. The molecule has 0 aliphatic rings. The number of hydrogen-bond donors (Lipinski definition) is 2. The van der Waals surface area contributed by atoms with Gasteiger partial charge in [-0.05, 0) is 23.1 Å². The van der Waals surface area contributed by atoms with E-state index in [1.165, 1.54) is 6.20 Å². The first-order valence-corrected chi connectivity index (χ1v) is 7.91. The molecule has 0 fully saturated rings. The van der Waals surface area contributed by atoms with Crippen LogP contribution in [0.2, 0.25) is 0 Å². The molecule has 0 spiro atoms. The Bertz CT molecular complexity index is 944. The second kappa shape index (κ2) is 6.12. The maximum absolute atomic E-state index is 13.2. The van der Waals surface area contributed by atoms with E-state index < -0.39 is 11.9 Å². The quantitative estimate of drug-likeness (QED) is 0.702. The summed E-state index contributed by atoms with van der Waals surface area (Å²) < 4.78 is 39.5. The zero-order valence-corrected chi connectivity index (χ0v) is 14.6. The number of pyridine rings is 1. The second-order valence-corrected chi connectivity index (χ2v) is 6.91. The zero-order chi connectivity index (χ0) is 19.1. The van der Waals surface area contributed by atoms with Gasteiger partial charge in [0.05, 0.1) is 23.1 Å². The first kappa shape index (κ1) is 17.9. The highest BCUT2D eigenvalue weighted by molar-refractivity contribution is 5.77. The molecule has 0 unspecified atom stereocenters. The Hall–Kier alpha value is -2.90. The number of aromatic amines is 2. The predicted molar refractivity (Wildman–Crippen MR) is 93.2 cm³/mol. The number of halogens is 3. The molecule has 0 atom stereocenters. The third-order valence-electron chi connectivity index (χ3n) is 4.06. The topological polar surface area (TPSA) is 70.2 Å². The lowest BCUT2D eigenvalue weighted by atomic mass is 9.82. The minimum absolute atomic E-state index is 0.0781. The molecule has 0 saturated carbocycles. The Morgan fingerprint density at radius 2 is 1.81 bits per heavy atom. The number of alkyl halides is 3. The van der Waals surface area contributed by atoms with Gasteiger partial charge >= 0.3 is 6.18 Å². The molecule has 2 N–H and O–H groups in total. The average molecular weight is 361 g/mol. The van der Waals surface area contributed by atoms with Crippen LogP contribution in [0.1, 0.15) is 37.7 Å². The van der Waals surface area contributed by atoms with E-state index in [9.17, 15) is 13.2 Å². The summed E-state index contributed by atoms with van der Waals surface area (Å²) in [7, 11) is 0. The van der Waals surface area contributed by atoms with Crippen LogP contribution in [0.15, 0.2) is 31.2 Å². The van der Waals surface area contributed by atoms with E-state index in [4.69, 9.17) is 0 Å². The van der Waals surface area contributed by atoms with Gasteiger partial charge in [0.25, 0.3) is 0 Å². The number of nitrogens with one attached hydrogen (secondary N) is 2. The minimum Gasteiger partial charge on any atom is -0.284 e. The van der Waals surface area contributed by atoms with Crippen LogP contribution in [0.4, 0.5) is 13.2 Å². The molecule has 5 nitrogen and oxygen atoms in total. The summed E-state index contributed by atoms with van der Waals surface area (Å²) in [6, 6.07) is 1.68. The molecule has 3 aromatic heterocycles. The van der Waals surface area contributed by atoms with Gasteiger partial charge in [-0.1, -0.05) is 27.4 Å². The van der Waals surface area contributed by atoms with Crippen LogP contribution in [0.25, 0.3) is 28.5 Å². The van der Waals surface area contributed by atoms with Crippen LogP contribution in [0.5, 0.6) is 0 Å². The van der Waals surface area contributed by atoms with E-state index in [1.54, 1.807) is 24.5 Å². The third kappa shape index (κ3) is 3.14. The first-order valence-electron chi connectivity index (χ1n) is 7.91. The fourth-order valence-corrected chi connectivity index (χ4v) is 2.81. The average Bonchev–Trinajstić information content (AvgIpc) is 3.22. The summed E-state index contributed by atoms with van der Waals surface area (Å²) >= 11 is 0. The minimum atomic E-state index is -4.56. The van der Waals surface area contributed by atoms with Crippen LogP contribution in [0, 0.1) is 0 Å². The van der Waals surface area contributed by atoms with E-state index in [2.05, 4.69) is 32.0 Å². The number of hydrogen-bond acceptors (Lipinski definition) is 3. The first-order chi connectivity index (χ1) is 12.1. The Balaban J connectivity index is 2.21. The highest BCUT2D eigenvalue weighted by atomic mass is 19.4. The highest BCUT2D eigenvalue weighted by Gasteiger charge is 2.37. The Labute approximate surface area is 148 Å². The van der Waals surface area contributed by atoms with Crippen LogP contribution in [0.3, 0.4) is 0 Å². The summed E-state index contributed by atoms with van der Waals surface area (Å²) in [4.78, 5) is 4.26. The van der Waals surface area contributed by atoms with Crippen molar-refractivity contribution in [2.45, 2.75) is 32.4 Å². The monoisotopic (exact) mass is 361 g/mol. The van der Waals surface area contributed by atoms with Gasteiger partial charge in [-0.15, -0.1) is 0 Å². The summed E-state index contributed by atoms with van der Waals surface area (Å²) in [6.45, 7) is 9.72. The molecular weight excluding hydrogens is 343 g/mol. The molecular formula is C18H18F3N5. The number of rotatable bonds is 3. The molecule has 3 heterocycles. The molecule has 0 saturated heterocycles. The SMILES string of the molecule is C=Cc1[nH]ncc1-c1cnc(-c2c[nH]nc2C(F)(F)F)cc1C(C)(C)C. The molecule has 8 heteroatoms. The van der Waals surface area contributed by atoms with Gasteiger partial charge in [0.2, 0.25) is 0 Å². The standard InChI is InChI=1S/C18H18F3N5/c1-5-14-11(8-23-25-14)10-7-22-15(6-13(10)17(2,3)4)12-9-24-26-16(12)18(19,20)21/h5-9H,1H2,2-4H3,(H,23,25)(H,24,26). The number of H-pyrrole nitrogens is 2. The van der Waals surface area contributed by atoms with Crippen molar-refractivity contribution in [3.05, 3.63) is 48.2 Å². The zero-order valence-electron chi connectivity index (χ0n) is 14.6. The van der Waals surface area contributed by atoms with Gasteiger partial charge in [-0.2, -0.15) is 23.4 Å². The fraction of sp³-hybridized carbons (Fsp3) is 0.278. The van der Waals surface area contributed by atoms with Crippen molar-refractivity contribution < 1.29 is 13.2 Å². The number of aromatic nitrogens is 5. The molecule has 0 aromatic carbocycles. The maximum Gasteiger partial charge on any atom is 0.435 e. The van der Waals surface area contributed by atoms with Gasteiger partial charge in [-0.3, -0.25) is 15.2 Å². The molecule has 0 amide bonds. The Kier molecular flexibility index (Phi) is 4.21. The van der Waals surface area contributed by atoms with Gasteiger partial charge < -0.3 is 0 Å². The van der Waals surface area contributed by atoms with Crippen molar-refractivity contribution in [1.82, 2.24) is 25.4 Å². The molecule has 136 valence electrons. The largest absolute Gasteiger partial charge is 0.435 e. The van der Waals surface area contributed by atoms with E-state index in [-0.39, 0.29) is 16.7 Å². The van der Waals surface area contributed by atoms with Crippen molar-refractivity contribution in [2.24, 2.45) is 0 Å². The van der Waals surface area contributed by atoms with Crippen molar-refractivity contribution in [3.63, 3.8) is 0 Å². The molecule has 26 heavy (non-hydrogen) atoms. The summed E-state index contributed by atoms with van der Waals surface area (Å²) in [5, 5.41) is 12.5. The lowest BCUT2D eigenvalue weighted by Crippen LogP contribution is -2.14. The maximum atomic E-state index is 13.2. The molecule has 3 aromatic rings. The van der Waals surface area contributed by atoms with Crippen LogP contribution in [-0.4, -0.2) is 25.4 Å². The highest BCUT2D eigenvalue weighted by Crippen LogP contribution is 2.39. The molecule has 0 bridgehead atoms. The van der Waals surface area contributed by atoms with Gasteiger partial charge in [0, 0.05) is 23.5 Å². The van der Waals surface area contributed by atoms with Crippen LogP contribution < -0.4 is 0 Å². The Morgan fingerprint density at radius 3 is 2.42 bits per heavy atom. The predicted octanol–water partition coefficient (Wildman–Crippen LogP) is 4.82. The van der Waals surface area contributed by atoms with Crippen LogP contribution in [-0.2, 0) is 11.6 Å². The van der Waals surface area contributed by atoms with Crippen molar-refractivity contribution >= 4 is 6.08 Å². The molecule has 0 radical (unpaired) electrons. The lowest BCUT2D eigenvalue weighted by molar-refractivity contribution is -0.140. The number of nitrogens with zero attached hydrogens (tertiary/aromatic N) is 3. The van der Waals surface area contributed by atoms with Crippen molar-refractivity contribution in [3.8, 4) is 22.4 Å². The van der Waals surface area contributed by atoms with Gasteiger partial charge in [0.1, 0.15) is 0 Å². The van der Waals surface area contributed by atoms with E-state index in [0.717, 1.165) is 22.4 Å². The summed E-state index contributed by atoms with van der Waals surface area (Å²) in [5.74, 6) is 0. The second-order valence-electron chi connectivity index (χ2n) is 6.91. The molecule has 3 rings (SSSR count). The van der Waals surface area contributed by atoms with E-state index >= 15 is 0 Å². The lowest BCUT2D eigenvalue weighted by Gasteiger charge is -2.23. The molecule has 0 aliphatic carbocycles. The van der Waals surface area contributed by atoms with E-state index in [0.29, 0.717) is 0 Å². The van der Waals surface area contributed by atoms with Gasteiger partial charge in [-0.25, -0.2) is 0 Å². The normalized spacial score (nSPS) is 12.4. The summed E-state index contributed by atoms with van der Waals surface area (Å²) in [5.41, 5.74) is 1.99. The summed E-state index contributed by atoms with van der Waals surface area (Å²) in [6.07, 6.45) is 1.52. The third-order valence-corrected chi connectivity index (χ3v) is 4.06. The van der Waals surface area contributed by atoms with Crippen LogP contribution >= 0.6 is 0 Å². The van der Waals surface area contributed by atoms with Gasteiger partial charge in [0.15, 0.2) is 5.69 Å². The van der Waals surface area contributed by atoms with E-state index in [1.807, 2.05) is 20.8 Å². The smallest absolute Gasteiger partial charge is 0.284 e.